The van der Waals surface area contributed by atoms with E-state index in [4.69, 9.17) is 4.74 Å². The van der Waals surface area contributed by atoms with Gasteiger partial charge in [0, 0.05) is 12.1 Å². The Bertz CT molecular complexity index is 683. The van der Waals surface area contributed by atoms with Crippen molar-refractivity contribution in [1.82, 2.24) is 20.3 Å². The lowest BCUT2D eigenvalue weighted by Gasteiger charge is -2.23. The van der Waals surface area contributed by atoms with Gasteiger partial charge >= 0.3 is 0 Å². The molecule has 0 amide bonds. The number of ether oxygens (including phenoxy) is 1. The molecule has 1 aromatic heterocycles. The van der Waals surface area contributed by atoms with Gasteiger partial charge in [-0.1, -0.05) is 37.3 Å². The fourth-order valence-corrected chi connectivity index (χ4v) is 2.31. The summed E-state index contributed by atoms with van der Waals surface area (Å²) >= 11 is 0. The average Bonchev–Trinajstić information content (AvgIpc) is 2.94. The lowest BCUT2D eigenvalue weighted by atomic mass is 10.00. The molecule has 24 heavy (non-hydrogen) atoms. The molecular weight excluding hydrogens is 300 g/mol. The molecular formula is C19H28N4O. The third-order valence-corrected chi connectivity index (χ3v) is 3.48. The first kappa shape index (κ1) is 18.0. The van der Waals surface area contributed by atoms with Crippen LogP contribution in [0.2, 0.25) is 0 Å². The zero-order valence-electron chi connectivity index (χ0n) is 15.3. The van der Waals surface area contributed by atoms with Crippen molar-refractivity contribution in [3.8, 4) is 11.3 Å². The number of hydrogen-bond acceptors (Lipinski definition) is 4. The van der Waals surface area contributed by atoms with E-state index < -0.39 is 0 Å². The van der Waals surface area contributed by atoms with Crippen molar-refractivity contribution < 1.29 is 4.74 Å². The van der Waals surface area contributed by atoms with E-state index in [9.17, 15) is 0 Å². The molecule has 0 radical (unpaired) electrons. The number of nitrogens with zero attached hydrogens (tertiary/aromatic N) is 3. The maximum absolute atomic E-state index is 5.63. The highest BCUT2D eigenvalue weighted by molar-refractivity contribution is 5.58. The minimum Gasteiger partial charge on any atom is -0.474 e. The van der Waals surface area contributed by atoms with Crippen molar-refractivity contribution >= 4 is 0 Å². The van der Waals surface area contributed by atoms with Crippen molar-refractivity contribution in [2.24, 2.45) is 0 Å². The summed E-state index contributed by atoms with van der Waals surface area (Å²) in [6.07, 6.45) is 1.97. The van der Waals surface area contributed by atoms with Crippen molar-refractivity contribution in [3.63, 3.8) is 0 Å². The van der Waals surface area contributed by atoms with E-state index in [-0.39, 0.29) is 5.60 Å². The summed E-state index contributed by atoms with van der Waals surface area (Å²) < 4.78 is 7.46. The number of nitrogens with one attached hydrogen (secondary N) is 1. The summed E-state index contributed by atoms with van der Waals surface area (Å²) in [5.74, 6) is 1.07. The molecule has 0 atom stereocenters. The van der Waals surface area contributed by atoms with Gasteiger partial charge in [0.1, 0.15) is 11.3 Å². The van der Waals surface area contributed by atoms with Gasteiger partial charge in [0.15, 0.2) is 5.88 Å². The molecule has 1 aromatic carbocycles. The second kappa shape index (κ2) is 7.51. The van der Waals surface area contributed by atoms with Gasteiger partial charge in [-0.2, -0.15) is 0 Å². The van der Waals surface area contributed by atoms with Crippen molar-refractivity contribution in [2.45, 2.75) is 52.7 Å². The summed E-state index contributed by atoms with van der Waals surface area (Å²) in [5, 5.41) is 11.6. The number of hydrogen-bond donors (Lipinski definition) is 1. The Morgan fingerprint density at radius 3 is 2.75 bits per heavy atom. The molecule has 0 bridgehead atoms. The first-order valence-corrected chi connectivity index (χ1v) is 8.37. The summed E-state index contributed by atoms with van der Waals surface area (Å²) in [4.78, 5) is 0. The monoisotopic (exact) mass is 328 g/mol. The smallest absolute Gasteiger partial charge is 0.179 e. The molecule has 130 valence electrons. The third-order valence-electron chi connectivity index (χ3n) is 3.48. The van der Waals surface area contributed by atoms with Gasteiger partial charge < -0.3 is 10.1 Å². The average molecular weight is 328 g/mol. The van der Waals surface area contributed by atoms with E-state index in [1.165, 1.54) is 5.56 Å². The lowest BCUT2D eigenvalue weighted by Crippen LogP contribution is -2.27. The first-order valence-electron chi connectivity index (χ1n) is 8.37. The van der Waals surface area contributed by atoms with Crippen LogP contribution >= 0.6 is 0 Å². The van der Waals surface area contributed by atoms with Crippen LogP contribution in [0.25, 0.3) is 11.3 Å². The Kier molecular flexibility index (Phi) is 5.65. The maximum atomic E-state index is 5.63. The molecule has 0 spiro atoms. The molecule has 0 saturated carbocycles. The van der Waals surface area contributed by atoms with Crippen LogP contribution in [0.4, 0.5) is 0 Å². The van der Waals surface area contributed by atoms with Crippen molar-refractivity contribution in [1.29, 1.82) is 0 Å². The van der Waals surface area contributed by atoms with Gasteiger partial charge in [-0.25, -0.2) is 0 Å². The molecule has 0 aliphatic carbocycles. The molecule has 0 unspecified atom stereocenters. The first-order chi connectivity index (χ1) is 11.2. The van der Waals surface area contributed by atoms with Crippen LogP contribution in [-0.4, -0.2) is 27.1 Å². The SMILES string of the molecule is C=C(NCCn1cc(-c2cccc(C(C)C)c2)nn1)OC(C)(C)C. The Hall–Kier alpha value is -2.30. The molecule has 1 heterocycles. The van der Waals surface area contributed by atoms with Crippen LogP contribution in [-0.2, 0) is 11.3 Å². The Morgan fingerprint density at radius 2 is 2.08 bits per heavy atom. The van der Waals surface area contributed by atoms with Gasteiger partial charge in [0.05, 0.1) is 12.7 Å². The summed E-state index contributed by atoms with van der Waals surface area (Å²) in [7, 11) is 0. The van der Waals surface area contributed by atoms with E-state index in [0.717, 1.165) is 11.3 Å². The topological polar surface area (TPSA) is 52.0 Å². The van der Waals surface area contributed by atoms with E-state index in [1.54, 1.807) is 0 Å². The molecule has 5 heteroatoms. The standard InChI is InChI=1S/C19H28N4O/c1-14(2)16-8-7-9-17(12-16)18-13-23(22-21-18)11-10-20-15(3)24-19(4,5)6/h7-9,12-14,20H,3,10-11H2,1-2,4-6H3. The molecule has 0 fully saturated rings. The maximum Gasteiger partial charge on any atom is 0.179 e. The normalized spacial score (nSPS) is 11.6. The third kappa shape index (κ3) is 5.41. The summed E-state index contributed by atoms with van der Waals surface area (Å²) in [6.45, 7) is 15.6. The molecule has 2 aromatic rings. The second-order valence-electron chi connectivity index (χ2n) is 7.21. The second-order valence-corrected chi connectivity index (χ2v) is 7.21. The Balaban J connectivity index is 1.92. The van der Waals surface area contributed by atoms with Gasteiger partial charge in [0.25, 0.3) is 0 Å². The van der Waals surface area contributed by atoms with Crippen molar-refractivity contribution in [3.05, 3.63) is 48.5 Å². The molecule has 1 N–H and O–H groups in total. The lowest BCUT2D eigenvalue weighted by molar-refractivity contribution is 0.0413. The van der Waals surface area contributed by atoms with Gasteiger partial charge in [-0.3, -0.25) is 4.68 Å². The van der Waals surface area contributed by atoms with E-state index in [2.05, 4.69) is 60.3 Å². The van der Waals surface area contributed by atoms with Gasteiger partial charge in [-0.15, -0.1) is 5.10 Å². The minimum atomic E-state index is -0.244. The fraction of sp³-hybridized carbons (Fsp3) is 0.474. The van der Waals surface area contributed by atoms with E-state index in [0.29, 0.717) is 24.9 Å². The fourth-order valence-electron chi connectivity index (χ4n) is 2.31. The van der Waals surface area contributed by atoms with E-state index >= 15 is 0 Å². The Labute approximate surface area is 144 Å². The summed E-state index contributed by atoms with van der Waals surface area (Å²) in [5.41, 5.74) is 3.05. The number of aromatic nitrogens is 3. The predicted octanol–water partition coefficient (Wildman–Crippen LogP) is 3.94. The van der Waals surface area contributed by atoms with Crippen LogP contribution in [0, 0.1) is 0 Å². The van der Waals surface area contributed by atoms with Crippen LogP contribution in [0.15, 0.2) is 42.9 Å². The van der Waals surface area contributed by atoms with Crippen LogP contribution < -0.4 is 5.32 Å². The number of benzene rings is 1. The molecule has 5 nitrogen and oxygen atoms in total. The molecule has 0 aliphatic heterocycles. The van der Waals surface area contributed by atoms with Crippen LogP contribution in [0.1, 0.15) is 46.1 Å². The molecule has 2 rings (SSSR count). The van der Waals surface area contributed by atoms with Gasteiger partial charge in [-0.05, 0) is 44.9 Å². The zero-order valence-corrected chi connectivity index (χ0v) is 15.3. The van der Waals surface area contributed by atoms with Crippen LogP contribution in [0.3, 0.4) is 0 Å². The molecule has 0 aliphatic rings. The van der Waals surface area contributed by atoms with Gasteiger partial charge in [0.2, 0.25) is 0 Å². The highest BCUT2D eigenvalue weighted by Crippen LogP contribution is 2.22. The summed E-state index contributed by atoms with van der Waals surface area (Å²) in [6, 6.07) is 8.45. The zero-order chi connectivity index (χ0) is 17.7. The highest BCUT2D eigenvalue weighted by Gasteiger charge is 2.12. The van der Waals surface area contributed by atoms with Crippen LogP contribution in [0.5, 0.6) is 0 Å². The molecule has 0 saturated heterocycles. The Morgan fingerprint density at radius 1 is 1.33 bits per heavy atom. The van der Waals surface area contributed by atoms with Crippen molar-refractivity contribution in [2.75, 3.05) is 6.54 Å². The van der Waals surface area contributed by atoms with E-state index in [1.807, 2.05) is 31.6 Å². The predicted molar refractivity (Wildman–Crippen MR) is 97.5 cm³/mol. The number of rotatable bonds is 7. The highest BCUT2D eigenvalue weighted by atomic mass is 16.5. The minimum absolute atomic E-state index is 0.244. The quantitative estimate of drug-likeness (QED) is 0.782. The largest absolute Gasteiger partial charge is 0.474 e.